The van der Waals surface area contributed by atoms with E-state index in [1.165, 1.54) is 7.11 Å². The molecule has 5 atom stereocenters. The fourth-order valence-corrected chi connectivity index (χ4v) is 6.57. The van der Waals surface area contributed by atoms with E-state index in [-0.39, 0.29) is 36.5 Å². The Kier molecular flexibility index (Phi) is 6.02. The minimum Gasteiger partial charge on any atom is -0.507 e. The highest BCUT2D eigenvalue weighted by Crippen LogP contribution is 2.52. The maximum Gasteiger partial charge on any atom is 0.235 e. The minimum atomic E-state index is -2.66. The van der Waals surface area contributed by atoms with E-state index in [4.69, 9.17) is 10.5 Å². The fraction of sp³-hybridized carbons (Fsp3) is 0.414. The summed E-state index contributed by atoms with van der Waals surface area (Å²) < 4.78 is 5.21. The number of ether oxygens (including phenoxy) is 1. The zero-order valence-electron chi connectivity index (χ0n) is 21.3. The molecule has 0 spiro atoms. The molecular weight excluding hydrogens is 490 g/mol. The van der Waals surface area contributed by atoms with E-state index < -0.39 is 58.3 Å². The van der Waals surface area contributed by atoms with Crippen LogP contribution in [0.4, 0.5) is 0 Å². The summed E-state index contributed by atoms with van der Waals surface area (Å²) in [5.74, 6) is -9.53. The number of phenols is 1. The van der Waals surface area contributed by atoms with Gasteiger partial charge < -0.3 is 20.7 Å². The van der Waals surface area contributed by atoms with Gasteiger partial charge in [0.1, 0.15) is 11.5 Å². The molecule has 198 valence electrons. The number of nitrogens with two attached hydrogens (primary N) is 1. The average molecular weight is 520 g/mol. The third-order valence-electron chi connectivity index (χ3n) is 8.46. The van der Waals surface area contributed by atoms with Gasteiger partial charge in [-0.05, 0) is 59.6 Å². The summed E-state index contributed by atoms with van der Waals surface area (Å²) >= 11 is 0. The molecule has 9 heteroatoms. The highest BCUT2D eigenvalue weighted by atomic mass is 16.5. The van der Waals surface area contributed by atoms with Crippen molar-refractivity contribution in [1.29, 1.82) is 0 Å². The highest BCUT2D eigenvalue weighted by Gasteiger charge is 2.66. The van der Waals surface area contributed by atoms with Crippen LogP contribution in [0.2, 0.25) is 0 Å². The second-order valence-corrected chi connectivity index (χ2v) is 10.8. The molecule has 0 saturated heterocycles. The topological polar surface area (TPSA) is 161 Å². The van der Waals surface area contributed by atoms with Gasteiger partial charge >= 0.3 is 0 Å². The minimum absolute atomic E-state index is 0.00412. The molecule has 2 aromatic carbocycles. The van der Waals surface area contributed by atoms with Gasteiger partial charge in [-0.2, -0.15) is 0 Å². The van der Waals surface area contributed by atoms with Gasteiger partial charge in [-0.3, -0.25) is 24.0 Å². The lowest BCUT2D eigenvalue weighted by molar-refractivity contribution is -0.175. The number of primary amides is 1. The zero-order chi connectivity index (χ0) is 27.7. The number of hydrogen-bond acceptors (Lipinski definition) is 8. The number of carbonyl (C=O) groups excluding carboxylic acids is 5. The van der Waals surface area contributed by atoms with Gasteiger partial charge in [-0.1, -0.05) is 26.0 Å². The number of methoxy groups -OCH3 is 1. The predicted octanol–water partition coefficient (Wildman–Crippen LogP) is 2.13. The smallest absolute Gasteiger partial charge is 0.235 e. The maximum atomic E-state index is 14.0. The van der Waals surface area contributed by atoms with E-state index in [9.17, 15) is 34.2 Å². The number of rotatable bonds is 4. The molecule has 2 unspecified atom stereocenters. The monoisotopic (exact) mass is 519 g/mol. The van der Waals surface area contributed by atoms with Crippen molar-refractivity contribution in [3.8, 4) is 22.6 Å². The number of phenolic OH excluding ortho intramolecular Hbond substituents is 1. The van der Waals surface area contributed by atoms with Crippen LogP contribution in [0.1, 0.15) is 54.1 Å². The van der Waals surface area contributed by atoms with Crippen molar-refractivity contribution in [3.63, 3.8) is 0 Å². The first kappa shape index (κ1) is 25.8. The van der Waals surface area contributed by atoms with Crippen LogP contribution < -0.4 is 10.5 Å². The lowest BCUT2D eigenvalue weighted by Gasteiger charge is -2.48. The number of aliphatic hydroxyl groups is 1. The van der Waals surface area contributed by atoms with E-state index in [0.717, 1.165) is 5.56 Å². The Morgan fingerprint density at radius 2 is 1.74 bits per heavy atom. The predicted molar refractivity (Wildman–Crippen MR) is 135 cm³/mol. The van der Waals surface area contributed by atoms with Gasteiger partial charge in [0.2, 0.25) is 5.91 Å². The van der Waals surface area contributed by atoms with Crippen molar-refractivity contribution >= 4 is 29.0 Å². The normalized spacial score (nSPS) is 28.6. The molecule has 0 bridgehead atoms. The number of hydrogen-bond donors (Lipinski definition) is 3. The second kappa shape index (κ2) is 8.87. The first-order chi connectivity index (χ1) is 17.9. The first-order valence-corrected chi connectivity index (χ1v) is 12.6. The largest absolute Gasteiger partial charge is 0.507 e. The van der Waals surface area contributed by atoms with Crippen molar-refractivity contribution in [3.05, 3.63) is 47.0 Å². The first-order valence-electron chi connectivity index (χ1n) is 12.6. The second-order valence-electron chi connectivity index (χ2n) is 10.8. The number of carbonyl (C=O) groups is 5. The fourth-order valence-electron chi connectivity index (χ4n) is 6.57. The molecule has 1 amide bonds. The molecule has 0 aliphatic heterocycles. The molecule has 2 saturated carbocycles. The van der Waals surface area contributed by atoms with Crippen LogP contribution in [0.15, 0.2) is 30.3 Å². The molecule has 3 aliphatic rings. The summed E-state index contributed by atoms with van der Waals surface area (Å²) in [4.78, 5) is 65.1. The molecule has 38 heavy (non-hydrogen) atoms. The highest BCUT2D eigenvalue weighted by molar-refractivity contribution is 6.31. The summed E-state index contributed by atoms with van der Waals surface area (Å²) in [5.41, 5.74) is 5.11. The summed E-state index contributed by atoms with van der Waals surface area (Å²) in [7, 11) is 1.54. The van der Waals surface area contributed by atoms with Crippen LogP contribution >= 0.6 is 0 Å². The SMILES string of the molecule is COc1ccc(-c2cc(C(C)C)c3c(c2O)C(=O)C2C(=O)[C@]4(O)C(=O)C(C(N)=O)C(=O)C[C@@H]4C[C@@H]2C3)cc1. The number of Topliss-reactive ketones (excluding diaryl/α,β-unsaturated/α-hetero) is 4. The summed E-state index contributed by atoms with van der Waals surface area (Å²) in [6, 6.07) is 8.81. The molecule has 0 aromatic heterocycles. The molecule has 0 heterocycles. The molecule has 5 rings (SSSR count). The van der Waals surface area contributed by atoms with Crippen LogP contribution in [0, 0.1) is 23.7 Å². The Morgan fingerprint density at radius 1 is 1.08 bits per heavy atom. The summed E-state index contributed by atoms with van der Waals surface area (Å²) in [6.45, 7) is 3.93. The van der Waals surface area contributed by atoms with E-state index in [1.807, 2.05) is 19.9 Å². The molecule has 4 N–H and O–H groups in total. The van der Waals surface area contributed by atoms with E-state index >= 15 is 0 Å². The molecule has 2 fully saturated rings. The molecule has 3 aliphatic carbocycles. The van der Waals surface area contributed by atoms with Gasteiger partial charge in [0.15, 0.2) is 34.7 Å². The maximum absolute atomic E-state index is 14.0. The lowest BCUT2D eigenvalue weighted by Crippen LogP contribution is -2.68. The Morgan fingerprint density at radius 3 is 2.32 bits per heavy atom. The van der Waals surface area contributed by atoms with Crippen LogP contribution in [0.3, 0.4) is 0 Å². The Hall–Kier alpha value is -3.85. The number of benzene rings is 2. The average Bonchev–Trinajstić information content (AvgIpc) is 2.86. The van der Waals surface area contributed by atoms with Gasteiger partial charge in [-0.15, -0.1) is 0 Å². The van der Waals surface area contributed by atoms with E-state index in [0.29, 0.717) is 22.4 Å². The quantitative estimate of drug-likeness (QED) is 0.518. The Balaban J connectivity index is 1.64. The van der Waals surface area contributed by atoms with E-state index in [2.05, 4.69) is 0 Å². The molecule has 2 aromatic rings. The summed E-state index contributed by atoms with van der Waals surface area (Å²) in [5, 5.41) is 22.7. The van der Waals surface area contributed by atoms with Crippen LogP contribution in [0.5, 0.6) is 11.5 Å². The number of amides is 1. The Labute approximate surface area is 219 Å². The van der Waals surface area contributed by atoms with Crippen LogP contribution in [0.25, 0.3) is 11.1 Å². The van der Waals surface area contributed by atoms with Gasteiger partial charge in [0, 0.05) is 17.9 Å². The van der Waals surface area contributed by atoms with Gasteiger partial charge in [-0.25, -0.2) is 0 Å². The van der Waals surface area contributed by atoms with E-state index in [1.54, 1.807) is 24.3 Å². The molecular formula is C29H29NO8. The number of aromatic hydroxyl groups is 1. The molecule has 0 radical (unpaired) electrons. The molecule has 9 nitrogen and oxygen atoms in total. The van der Waals surface area contributed by atoms with Crippen molar-refractivity contribution < 1.29 is 38.9 Å². The third-order valence-corrected chi connectivity index (χ3v) is 8.46. The van der Waals surface area contributed by atoms with Crippen molar-refractivity contribution in [1.82, 2.24) is 0 Å². The standard InChI is InChI=1S/C29H29NO8/c1-12(2)17-11-18(13-4-6-16(38-3)7-5-13)24(32)22-19(17)9-14-8-15-10-20(31)23(28(30)36)27(35)29(15,37)26(34)21(14)25(22)33/h4-7,11-12,14-15,21,23,32,37H,8-10H2,1-3H3,(H2,30,36)/t14-,15+,21?,23?,29+/m1/s1. The van der Waals surface area contributed by atoms with Crippen molar-refractivity contribution in [2.24, 2.45) is 29.4 Å². The Bertz CT molecular complexity index is 1410. The van der Waals surface area contributed by atoms with Crippen LogP contribution in [-0.4, -0.2) is 52.0 Å². The van der Waals surface area contributed by atoms with Gasteiger partial charge in [0.25, 0.3) is 0 Å². The number of fused-ring (bicyclic) bond motifs is 3. The van der Waals surface area contributed by atoms with Crippen LogP contribution in [-0.2, 0) is 25.6 Å². The third kappa shape index (κ3) is 3.52. The van der Waals surface area contributed by atoms with Crippen molar-refractivity contribution in [2.45, 2.75) is 44.6 Å². The van der Waals surface area contributed by atoms with Crippen molar-refractivity contribution in [2.75, 3.05) is 7.11 Å². The number of ketones is 4. The zero-order valence-corrected chi connectivity index (χ0v) is 21.3. The van der Waals surface area contributed by atoms with Gasteiger partial charge in [0.05, 0.1) is 18.6 Å². The lowest BCUT2D eigenvalue weighted by atomic mass is 9.53. The summed E-state index contributed by atoms with van der Waals surface area (Å²) in [6.07, 6.45) is -0.0280.